The highest BCUT2D eigenvalue weighted by Crippen LogP contribution is 2.62. The first kappa shape index (κ1) is 25.8. The number of nitrogens with zero attached hydrogens (tertiary/aromatic N) is 2. The van der Waals surface area contributed by atoms with Crippen molar-refractivity contribution in [2.24, 2.45) is 4.74 Å². The highest BCUT2D eigenvalue weighted by molar-refractivity contribution is 9.10. The van der Waals surface area contributed by atoms with Crippen molar-refractivity contribution in [3.63, 3.8) is 0 Å². The number of aromatic nitrogens is 1. The van der Waals surface area contributed by atoms with Crippen molar-refractivity contribution in [2.45, 2.75) is 53.2 Å². The van der Waals surface area contributed by atoms with Crippen LogP contribution in [0.25, 0.3) is 21.8 Å². The molecule has 0 unspecified atom stereocenters. The summed E-state index contributed by atoms with van der Waals surface area (Å²) < 4.78 is 16.0. The molecule has 37 heavy (non-hydrogen) atoms. The van der Waals surface area contributed by atoms with Crippen molar-refractivity contribution in [1.82, 2.24) is 4.57 Å². The van der Waals surface area contributed by atoms with Gasteiger partial charge in [0.2, 0.25) is 0 Å². The topological polar surface area (TPSA) is 26.5 Å². The van der Waals surface area contributed by atoms with E-state index in [1.165, 1.54) is 32.9 Å². The number of aryl methyl sites for hydroxylation is 3. The molecule has 1 atom stereocenters. The van der Waals surface area contributed by atoms with Gasteiger partial charge in [0.15, 0.2) is 7.28 Å². The van der Waals surface area contributed by atoms with Crippen LogP contribution in [-0.2, 0) is 6.54 Å². The molecule has 0 saturated heterocycles. The molecule has 5 heteroatoms. The normalized spacial score (nSPS) is 13.6. The number of halogens is 1. The number of hydrogen-bond donors (Lipinski definition) is 0. The third-order valence-corrected chi connectivity index (χ3v) is 11.4. The van der Waals surface area contributed by atoms with Gasteiger partial charge >= 0.3 is 0 Å². The van der Waals surface area contributed by atoms with E-state index in [9.17, 15) is 0 Å². The third-order valence-electron chi connectivity index (χ3n) is 7.11. The van der Waals surface area contributed by atoms with E-state index in [4.69, 9.17) is 9.27 Å². The summed E-state index contributed by atoms with van der Waals surface area (Å²) in [5.41, 5.74) is 5.96. The van der Waals surface area contributed by atoms with Crippen LogP contribution in [0.4, 0.5) is 5.69 Å². The molecule has 4 aromatic carbocycles. The van der Waals surface area contributed by atoms with E-state index in [1.54, 1.807) is 0 Å². The molecule has 0 radical (unpaired) electrons. The average Bonchev–Trinajstić information content (AvgIpc) is 3.18. The minimum Gasteiger partial charge on any atom is -0.455 e. The van der Waals surface area contributed by atoms with Gasteiger partial charge in [-0.1, -0.05) is 67.0 Å². The van der Waals surface area contributed by atoms with Crippen molar-refractivity contribution in [3.05, 3.63) is 101 Å². The van der Waals surface area contributed by atoms with Crippen LogP contribution >= 0.6 is 23.2 Å². The summed E-state index contributed by atoms with van der Waals surface area (Å²) in [6.45, 7) is 14.2. The van der Waals surface area contributed by atoms with Gasteiger partial charge < -0.3 is 9.09 Å². The van der Waals surface area contributed by atoms with Gasteiger partial charge in [0.05, 0.1) is 5.69 Å². The standard InChI is InChI=1S/C32H34BrN2OP/c1-7-35-30-14-9-8-13-28(30)29-21-27(17-18-31(29)35)37(32(4,5)6,36-26-12-10-11-24(33)20-26)34-25-16-15-22(2)23(3)19-25/h8-21H,7H2,1-6H3/t37-/m0/s1. The summed E-state index contributed by atoms with van der Waals surface area (Å²) in [7, 11) is -2.62. The van der Waals surface area contributed by atoms with Crippen LogP contribution in [0.1, 0.15) is 38.8 Å². The lowest BCUT2D eigenvalue weighted by atomic mass is 10.1. The average molecular weight is 574 g/mol. The van der Waals surface area contributed by atoms with E-state index >= 15 is 0 Å². The van der Waals surface area contributed by atoms with Gasteiger partial charge in [0.1, 0.15) is 5.75 Å². The highest BCUT2D eigenvalue weighted by atomic mass is 79.9. The first-order valence-corrected chi connectivity index (χ1v) is 15.2. The van der Waals surface area contributed by atoms with E-state index in [0.29, 0.717) is 0 Å². The summed E-state index contributed by atoms with van der Waals surface area (Å²) >= 11 is 3.63. The first-order chi connectivity index (χ1) is 17.6. The molecule has 0 fully saturated rings. The minimum absolute atomic E-state index is 0.259. The van der Waals surface area contributed by atoms with E-state index in [2.05, 4.69) is 123 Å². The summed E-state index contributed by atoms with van der Waals surface area (Å²) in [5.74, 6) is 0.821. The zero-order valence-electron chi connectivity index (χ0n) is 22.4. The van der Waals surface area contributed by atoms with Crippen molar-refractivity contribution in [2.75, 3.05) is 0 Å². The molecule has 0 saturated carbocycles. The lowest BCUT2D eigenvalue weighted by molar-refractivity contribution is 0.571. The van der Waals surface area contributed by atoms with Gasteiger partial charge in [-0.15, -0.1) is 0 Å². The Morgan fingerprint density at radius 3 is 2.27 bits per heavy atom. The second kappa shape index (κ2) is 9.82. The summed E-state index contributed by atoms with van der Waals surface area (Å²) in [6.07, 6.45) is 0. The maximum absolute atomic E-state index is 7.11. The predicted octanol–water partition coefficient (Wildman–Crippen LogP) is 10.1. The molecule has 1 aromatic heterocycles. The van der Waals surface area contributed by atoms with Gasteiger partial charge in [-0.2, -0.15) is 0 Å². The summed E-state index contributed by atoms with van der Waals surface area (Å²) in [5, 5.41) is 3.40. The summed E-state index contributed by atoms with van der Waals surface area (Å²) in [4.78, 5) is 0. The highest BCUT2D eigenvalue weighted by Gasteiger charge is 2.39. The predicted molar refractivity (Wildman–Crippen MR) is 164 cm³/mol. The Hall–Kier alpha value is -2.81. The van der Waals surface area contributed by atoms with Gasteiger partial charge in [-0.25, -0.2) is 4.74 Å². The first-order valence-electron chi connectivity index (χ1n) is 12.8. The van der Waals surface area contributed by atoms with Gasteiger partial charge in [-0.3, -0.25) is 0 Å². The molecule has 5 rings (SSSR count). The van der Waals surface area contributed by atoms with Crippen molar-refractivity contribution in [3.8, 4) is 5.75 Å². The Kier molecular flexibility index (Phi) is 6.85. The van der Waals surface area contributed by atoms with Crippen molar-refractivity contribution < 1.29 is 4.52 Å². The lowest BCUT2D eigenvalue weighted by Crippen LogP contribution is -2.27. The fraction of sp³-hybridized carbons (Fsp3) is 0.250. The van der Waals surface area contributed by atoms with Crippen LogP contribution in [0.2, 0.25) is 0 Å². The molecular formula is C32H34BrN2OP. The SMILES string of the molecule is CCn1c2ccccc2c2cc([P@](=Nc3ccc(C)c(C)c3)(Oc3cccc(Br)c3)C(C)(C)C)ccc21. The Balaban J connectivity index is 1.86. The number of fused-ring (bicyclic) bond motifs is 3. The Morgan fingerprint density at radius 2 is 1.57 bits per heavy atom. The molecule has 0 spiro atoms. The smallest absolute Gasteiger partial charge is 0.173 e. The molecule has 0 aliphatic rings. The van der Waals surface area contributed by atoms with Crippen LogP contribution in [0.3, 0.4) is 0 Å². The van der Waals surface area contributed by atoms with Crippen molar-refractivity contribution in [1.29, 1.82) is 0 Å². The number of hydrogen-bond acceptors (Lipinski definition) is 2. The third kappa shape index (κ3) is 4.67. The maximum Gasteiger partial charge on any atom is 0.173 e. The van der Waals surface area contributed by atoms with Crippen LogP contribution in [0.5, 0.6) is 5.75 Å². The van der Waals surface area contributed by atoms with E-state index < -0.39 is 7.28 Å². The zero-order chi connectivity index (χ0) is 26.4. The largest absolute Gasteiger partial charge is 0.455 e. The second-order valence-electron chi connectivity index (χ2n) is 10.6. The van der Waals surface area contributed by atoms with E-state index in [-0.39, 0.29) is 5.16 Å². The van der Waals surface area contributed by atoms with Crippen LogP contribution in [0.15, 0.2) is 94.1 Å². The molecule has 0 aliphatic carbocycles. The minimum atomic E-state index is -2.62. The molecule has 190 valence electrons. The van der Waals surface area contributed by atoms with Crippen molar-refractivity contribution >= 4 is 56.0 Å². The molecule has 0 amide bonds. The van der Waals surface area contributed by atoms with Crippen LogP contribution in [0, 0.1) is 13.8 Å². The van der Waals surface area contributed by atoms with Crippen LogP contribution in [-0.4, -0.2) is 9.72 Å². The van der Waals surface area contributed by atoms with Gasteiger partial charge in [0, 0.05) is 43.3 Å². The van der Waals surface area contributed by atoms with E-state index in [1.807, 2.05) is 24.3 Å². The molecule has 5 aromatic rings. The Morgan fingerprint density at radius 1 is 0.811 bits per heavy atom. The molecule has 0 aliphatic heterocycles. The van der Waals surface area contributed by atoms with Gasteiger partial charge in [0.25, 0.3) is 0 Å². The lowest BCUT2D eigenvalue weighted by Gasteiger charge is -2.37. The maximum atomic E-state index is 7.11. The van der Waals surface area contributed by atoms with Crippen LogP contribution < -0.4 is 9.83 Å². The Labute approximate surface area is 228 Å². The fourth-order valence-electron chi connectivity index (χ4n) is 5.00. The summed E-state index contributed by atoms with van der Waals surface area (Å²) in [6, 6.07) is 30.1. The monoisotopic (exact) mass is 572 g/mol. The second-order valence-corrected chi connectivity index (χ2v) is 14.9. The molecule has 1 heterocycles. The molecule has 0 bridgehead atoms. The molecule has 3 nitrogen and oxygen atoms in total. The Bertz CT molecular complexity index is 1680. The molecule has 0 N–H and O–H groups in total. The number of rotatable bonds is 5. The molecular weight excluding hydrogens is 539 g/mol. The quantitative estimate of drug-likeness (QED) is 0.192. The fourth-order valence-corrected chi connectivity index (χ4v) is 8.44. The van der Waals surface area contributed by atoms with Gasteiger partial charge in [-0.05, 0) is 86.5 Å². The van der Waals surface area contributed by atoms with E-state index in [0.717, 1.165) is 27.8 Å². The zero-order valence-corrected chi connectivity index (χ0v) is 24.9. The number of para-hydroxylation sites is 1. The number of benzene rings is 4.